The summed E-state index contributed by atoms with van der Waals surface area (Å²) in [5.41, 5.74) is 2.58. The lowest BCUT2D eigenvalue weighted by Crippen LogP contribution is -2.47. The van der Waals surface area contributed by atoms with E-state index < -0.39 is 12.1 Å². The summed E-state index contributed by atoms with van der Waals surface area (Å²) < 4.78 is 5.10. The van der Waals surface area contributed by atoms with Crippen molar-refractivity contribution in [3.05, 3.63) is 71.3 Å². The van der Waals surface area contributed by atoms with Crippen molar-refractivity contribution in [1.82, 2.24) is 5.32 Å². The van der Waals surface area contributed by atoms with Crippen molar-refractivity contribution in [2.75, 3.05) is 0 Å². The first-order valence-electron chi connectivity index (χ1n) is 8.74. The average molecular weight is 351 g/mol. The SMILES string of the molecule is O=C(N[C@H]1CCC1=O)OCc1ccc(C(=O)CCc2ccccc2)cc1. The maximum Gasteiger partial charge on any atom is 0.408 e. The first kappa shape index (κ1) is 17.9. The van der Waals surface area contributed by atoms with Gasteiger partial charge in [0.15, 0.2) is 11.6 Å². The van der Waals surface area contributed by atoms with Crippen molar-refractivity contribution in [3.63, 3.8) is 0 Å². The Morgan fingerprint density at radius 1 is 1.00 bits per heavy atom. The van der Waals surface area contributed by atoms with Crippen molar-refractivity contribution >= 4 is 17.7 Å². The summed E-state index contributed by atoms with van der Waals surface area (Å²) in [6.45, 7) is 0.102. The number of carbonyl (C=O) groups excluding carboxylic acids is 3. The molecule has 0 heterocycles. The fourth-order valence-electron chi connectivity index (χ4n) is 2.73. The Bertz CT molecular complexity index is 783. The second-order valence-corrected chi connectivity index (χ2v) is 6.38. The number of alkyl carbamates (subject to hydrolysis) is 1. The number of ether oxygens (including phenoxy) is 1. The quantitative estimate of drug-likeness (QED) is 0.776. The van der Waals surface area contributed by atoms with Crippen LogP contribution in [0.5, 0.6) is 0 Å². The highest BCUT2D eigenvalue weighted by atomic mass is 16.5. The Morgan fingerprint density at radius 2 is 1.73 bits per heavy atom. The molecule has 1 N–H and O–H groups in total. The standard InChI is InChI=1S/C21H21NO4/c23-19(12-8-15-4-2-1-3-5-15)17-9-6-16(7-10-17)14-26-21(25)22-18-11-13-20(18)24/h1-7,9-10,18H,8,11-14H2,(H,22,25)/t18-/m0/s1. The fourth-order valence-corrected chi connectivity index (χ4v) is 2.73. The molecular formula is C21H21NO4. The van der Waals surface area contributed by atoms with Crippen LogP contribution in [-0.2, 0) is 22.6 Å². The second kappa shape index (κ2) is 8.43. The molecule has 0 radical (unpaired) electrons. The van der Waals surface area contributed by atoms with Crippen molar-refractivity contribution < 1.29 is 19.1 Å². The molecule has 1 aliphatic carbocycles. The zero-order valence-electron chi connectivity index (χ0n) is 14.4. The van der Waals surface area contributed by atoms with Crippen LogP contribution in [0.3, 0.4) is 0 Å². The number of ketones is 2. The minimum atomic E-state index is -0.592. The number of hydrogen-bond acceptors (Lipinski definition) is 4. The van der Waals surface area contributed by atoms with Gasteiger partial charge in [0.1, 0.15) is 6.61 Å². The Hall–Kier alpha value is -2.95. The molecule has 1 saturated carbocycles. The number of rotatable bonds is 7. The Morgan fingerprint density at radius 3 is 2.35 bits per heavy atom. The van der Waals surface area contributed by atoms with Gasteiger partial charge in [0.05, 0.1) is 6.04 Å². The molecule has 5 nitrogen and oxygen atoms in total. The van der Waals surface area contributed by atoms with Crippen LogP contribution < -0.4 is 5.32 Å². The molecule has 26 heavy (non-hydrogen) atoms. The fraction of sp³-hybridized carbons (Fsp3) is 0.286. The van der Waals surface area contributed by atoms with Gasteiger partial charge in [-0.15, -0.1) is 0 Å². The van der Waals surface area contributed by atoms with E-state index in [0.29, 0.717) is 31.2 Å². The molecule has 5 heteroatoms. The summed E-state index contributed by atoms with van der Waals surface area (Å²) in [5.74, 6) is 0.128. The molecule has 1 aliphatic rings. The van der Waals surface area contributed by atoms with E-state index in [-0.39, 0.29) is 18.2 Å². The summed E-state index contributed by atoms with van der Waals surface area (Å²) >= 11 is 0. The summed E-state index contributed by atoms with van der Waals surface area (Å²) in [4.78, 5) is 35.1. The number of hydrogen-bond donors (Lipinski definition) is 1. The van der Waals surface area contributed by atoms with Crippen LogP contribution in [0.1, 0.15) is 40.7 Å². The van der Waals surface area contributed by atoms with Crippen molar-refractivity contribution in [2.24, 2.45) is 0 Å². The molecule has 2 aromatic rings. The van der Waals surface area contributed by atoms with E-state index in [4.69, 9.17) is 4.74 Å². The predicted octanol–water partition coefficient (Wildman–Crippen LogP) is 3.46. The molecule has 1 atom stereocenters. The van der Waals surface area contributed by atoms with Crippen LogP contribution >= 0.6 is 0 Å². The van der Waals surface area contributed by atoms with E-state index in [9.17, 15) is 14.4 Å². The monoisotopic (exact) mass is 351 g/mol. The van der Waals surface area contributed by atoms with Gasteiger partial charge in [0.2, 0.25) is 0 Å². The maximum atomic E-state index is 12.3. The van der Waals surface area contributed by atoms with E-state index in [2.05, 4.69) is 5.32 Å². The summed E-state index contributed by atoms with van der Waals surface area (Å²) in [7, 11) is 0. The van der Waals surface area contributed by atoms with Gasteiger partial charge in [0, 0.05) is 18.4 Å². The number of benzene rings is 2. The zero-order valence-corrected chi connectivity index (χ0v) is 14.4. The van der Waals surface area contributed by atoms with Gasteiger partial charge in [-0.25, -0.2) is 4.79 Å². The van der Waals surface area contributed by atoms with Gasteiger partial charge in [-0.2, -0.15) is 0 Å². The molecular weight excluding hydrogens is 330 g/mol. The van der Waals surface area contributed by atoms with Gasteiger partial charge < -0.3 is 10.1 Å². The zero-order chi connectivity index (χ0) is 18.4. The minimum absolute atomic E-state index is 0.0420. The molecule has 1 fully saturated rings. The summed E-state index contributed by atoms with van der Waals surface area (Å²) in [6.07, 6.45) is 1.77. The molecule has 134 valence electrons. The second-order valence-electron chi connectivity index (χ2n) is 6.38. The Balaban J connectivity index is 1.44. The highest BCUT2D eigenvalue weighted by Crippen LogP contribution is 2.14. The number of aryl methyl sites for hydroxylation is 1. The maximum absolute atomic E-state index is 12.3. The third-order valence-electron chi connectivity index (χ3n) is 4.49. The number of amides is 1. The van der Waals surface area contributed by atoms with Crippen LogP contribution in [-0.4, -0.2) is 23.7 Å². The van der Waals surface area contributed by atoms with E-state index in [1.807, 2.05) is 30.3 Å². The van der Waals surface area contributed by atoms with Crippen LogP contribution in [0, 0.1) is 0 Å². The molecule has 0 spiro atoms. The topological polar surface area (TPSA) is 72.5 Å². The predicted molar refractivity (Wildman–Crippen MR) is 96.9 cm³/mol. The van der Waals surface area contributed by atoms with Crippen molar-refractivity contribution in [2.45, 2.75) is 38.3 Å². The Kier molecular flexibility index (Phi) is 5.79. The molecule has 1 amide bonds. The molecule has 2 aromatic carbocycles. The third kappa shape index (κ3) is 4.79. The largest absolute Gasteiger partial charge is 0.445 e. The first-order valence-corrected chi connectivity index (χ1v) is 8.74. The van der Waals surface area contributed by atoms with Crippen LogP contribution in [0.4, 0.5) is 4.79 Å². The summed E-state index contributed by atoms with van der Waals surface area (Å²) in [5, 5.41) is 2.53. The first-order chi connectivity index (χ1) is 12.6. The highest BCUT2D eigenvalue weighted by Gasteiger charge is 2.29. The van der Waals surface area contributed by atoms with E-state index in [0.717, 1.165) is 11.1 Å². The van der Waals surface area contributed by atoms with Crippen molar-refractivity contribution in [1.29, 1.82) is 0 Å². The van der Waals surface area contributed by atoms with Crippen LogP contribution in [0.2, 0.25) is 0 Å². The minimum Gasteiger partial charge on any atom is -0.445 e. The van der Waals surface area contributed by atoms with Crippen LogP contribution in [0.25, 0.3) is 0 Å². The molecule has 0 saturated heterocycles. The lowest BCUT2D eigenvalue weighted by Gasteiger charge is -2.24. The van der Waals surface area contributed by atoms with Gasteiger partial charge in [-0.1, -0.05) is 54.6 Å². The molecule has 0 aliphatic heterocycles. The highest BCUT2D eigenvalue weighted by molar-refractivity contribution is 5.96. The van der Waals surface area contributed by atoms with Gasteiger partial charge in [0.25, 0.3) is 0 Å². The average Bonchev–Trinajstić information content (AvgIpc) is 2.68. The lowest BCUT2D eigenvalue weighted by atomic mass is 9.91. The van der Waals surface area contributed by atoms with E-state index in [1.54, 1.807) is 24.3 Å². The van der Waals surface area contributed by atoms with Gasteiger partial charge in [-0.3, -0.25) is 9.59 Å². The Labute approximate surface area is 152 Å². The van der Waals surface area contributed by atoms with E-state index in [1.165, 1.54) is 0 Å². The smallest absolute Gasteiger partial charge is 0.408 e. The normalized spacial score (nSPS) is 15.8. The van der Waals surface area contributed by atoms with Crippen LogP contribution in [0.15, 0.2) is 54.6 Å². The molecule has 0 bridgehead atoms. The summed E-state index contributed by atoms with van der Waals surface area (Å²) in [6, 6.07) is 16.6. The van der Waals surface area contributed by atoms with Gasteiger partial charge in [-0.05, 0) is 24.0 Å². The van der Waals surface area contributed by atoms with Crippen molar-refractivity contribution in [3.8, 4) is 0 Å². The third-order valence-corrected chi connectivity index (χ3v) is 4.49. The molecule has 0 unspecified atom stereocenters. The van der Waals surface area contributed by atoms with E-state index >= 15 is 0 Å². The van der Waals surface area contributed by atoms with Gasteiger partial charge >= 0.3 is 6.09 Å². The molecule has 0 aromatic heterocycles. The molecule has 3 rings (SSSR count). The lowest BCUT2D eigenvalue weighted by molar-refractivity contribution is -0.126. The number of Topliss-reactive ketones (excluding diaryl/α,β-unsaturated/α-hetero) is 2. The number of carbonyl (C=O) groups is 3. The number of nitrogens with one attached hydrogen (secondary N) is 1.